The number of ether oxygens (including phenoxy) is 1. The van der Waals surface area contributed by atoms with Gasteiger partial charge in [-0.15, -0.1) is 0 Å². The molecule has 4 rings (SSSR count). The van der Waals surface area contributed by atoms with Crippen LogP contribution in [0.4, 0.5) is 0 Å². The van der Waals surface area contributed by atoms with E-state index in [9.17, 15) is 10.2 Å². The molecule has 0 fully saturated rings. The molecule has 23 heavy (non-hydrogen) atoms. The minimum absolute atomic E-state index is 0.0759. The molecule has 3 aromatic carbocycles. The number of aromatic hydroxyl groups is 2. The van der Waals surface area contributed by atoms with Gasteiger partial charge in [-0.2, -0.15) is 0 Å². The van der Waals surface area contributed by atoms with Crippen LogP contribution in [-0.4, -0.2) is 10.2 Å². The van der Waals surface area contributed by atoms with Gasteiger partial charge < -0.3 is 14.9 Å². The van der Waals surface area contributed by atoms with E-state index in [4.69, 9.17) is 4.74 Å². The molecule has 0 saturated heterocycles. The third kappa shape index (κ3) is 2.08. The van der Waals surface area contributed by atoms with Crippen LogP contribution in [0.15, 0.2) is 66.7 Å². The smallest absolute Gasteiger partial charge is 0.175 e. The van der Waals surface area contributed by atoms with Crippen LogP contribution in [0.5, 0.6) is 17.2 Å². The second-order valence-corrected chi connectivity index (χ2v) is 6.39. The summed E-state index contributed by atoms with van der Waals surface area (Å²) in [5.41, 5.74) is 3.49. The monoisotopic (exact) mass is 322 g/mol. The van der Waals surface area contributed by atoms with Crippen LogP contribution in [-0.2, 0) is 5.34 Å². The lowest BCUT2D eigenvalue weighted by Crippen LogP contribution is -2.31. The highest BCUT2D eigenvalue weighted by Gasteiger charge is 2.40. The maximum atomic E-state index is 10.3. The van der Waals surface area contributed by atoms with Gasteiger partial charge in [0, 0.05) is 16.7 Å². The van der Waals surface area contributed by atoms with Gasteiger partial charge in [-0.1, -0.05) is 51.7 Å². The molecule has 3 nitrogen and oxygen atoms in total. The van der Waals surface area contributed by atoms with E-state index in [-0.39, 0.29) is 11.5 Å². The van der Waals surface area contributed by atoms with E-state index in [1.165, 1.54) is 18.2 Å². The minimum Gasteiger partial charge on any atom is -0.508 e. The average molecular weight is 322 g/mol. The van der Waals surface area contributed by atoms with Gasteiger partial charge in [0.15, 0.2) is 5.34 Å². The van der Waals surface area contributed by atoms with Crippen molar-refractivity contribution in [2.75, 3.05) is 0 Å². The summed E-state index contributed by atoms with van der Waals surface area (Å²) in [5, 5.41) is 19.2. The van der Waals surface area contributed by atoms with Gasteiger partial charge in [0.1, 0.15) is 17.2 Å². The second kappa shape index (κ2) is 5.00. The molecule has 1 aliphatic rings. The van der Waals surface area contributed by atoms with Gasteiger partial charge in [0.2, 0.25) is 0 Å². The fourth-order valence-electron chi connectivity index (χ4n) is 3.07. The predicted octanol–water partition coefficient (Wildman–Crippen LogP) is 4.23. The van der Waals surface area contributed by atoms with Crippen LogP contribution < -0.4 is 4.74 Å². The first-order valence-electron chi connectivity index (χ1n) is 7.29. The first-order valence-corrected chi connectivity index (χ1v) is 7.86. The Morgan fingerprint density at radius 2 is 1.48 bits per heavy atom. The molecule has 0 saturated carbocycles. The SMILES string of the molecule is Oc1ccc(O)c(C2(P)Oc3ccccc3-c3ccccc32)c1. The molecule has 0 bridgehead atoms. The minimum atomic E-state index is -0.965. The summed E-state index contributed by atoms with van der Waals surface area (Å²) in [5.74, 6) is 0.899. The van der Waals surface area contributed by atoms with E-state index in [0.29, 0.717) is 5.56 Å². The van der Waals surface area contributed by atoms with Crippen molar-refractivity contribution in [2.45, 2.75) is 5.34 Å². The van der Waals surface area contributed by atoms with E-state index >= 15 is 0 Å². The van der Waals surface area contributed by atoms with Gasteiger partial charge in [0.05, 0.1) is 0 Å². The molecule has 1 heterocycles. The number of rotatable bonds is 1. The topological polar surface area (TPSA) is 49.7 Å². The quantitative estimate of drug-likeness (QED) is 0.520. The van der Waals surface area contributed by atoms with Gasteiger partial charge in [-0.25, -0.2) is 0 Å². The summed E-state index contributed by atoms with van der Waals surface area (Å²) in [6, 6.07) is 20.2. The van der Waals surface area contributed by atoms with Crippen molar-refractivity contribution >= 4 is 9.24 Å². The highest BCUT2D eigenvalue weighted by atomic mass is 31.0. The number of phenols is 2. The Bertz CT molecular complexity index is 907. The average Bonchev–Trinajstić information content (AvgIpc) is 2.57. The summed E-state index contributed by atoms with van der Waals surface area (Å²) < 4.78 is 6.26. The Hall–Kier alpha value is -2.51. The van der Waals surface area contributed by atoms with E-state index in [0.717, 1.165) is 22.4 Å². The molecule has 0 radical (unpaired) electrons. The standard InChI is InChI=1S/C19H15O3P/c20-12-9-10-17(21)16(11-12)19(23)15-7-3-1-5-13(15)14-6-2-4-8-18(14)22-19/h1-11,20-21H,23H2. The number of benzene rings is 3. The summed E-state index contributed by atoms with van der Waals surface area (Å²) in [4.78, 5) is 0. The van der Waals surface area contributed by atoms with Crippen LogP contribution in [0.25, 0.3) is 11.1 Å². The molecule has 0 aromatic heterocycles. The Balaban J connectivity index is 2.02. The van der Waals surface area contributed by atoms with Gasteiger partial charge >= 0.3 is 0 Å². The van der Waals surface area contributed by atoms with E-state index in [2.05, 4.69) is 9.24 Å². The maximum absolute atomic E-state index is 10.3. The fraction of sp³-hybridized carbons (Fsp3) is 0.0526. The third-order valence-electron chi connectivity index (χ3n) is 4.16. The Labute approximate surface area is 136 Å². The summed E-state index contributed by atoms with van der Waals surface area (Å²) >= 11 is 0. The molecular weight excluding hydrogens is 307 g/mol. The molecule has 3 aromatic rings. The van der Waals surface area contributed by atoms with Crippen LogP contribution in [0.1, 0.15) is 11.1 Å². The molecule has 2 unspecified atom stereocenters. The Morgan fingerprint density at radius 3 is 2.30 bits per heavy atom. The number of fused-ring (bicyclic) bond motifs is 3. The fourth-order valence-corrected chi connectivity index (χ4v) is 3.68. The number of hydrogen-bond acceptors (Lipinski definition) is 3. The zero-order chi connectivity index (χ0) is 16.0. The second-order valence-electron chi connectivity index (χ2n) is 5.58. The first kappa shape index (κ1) is 14.1. The van der Waals surface area contributed by atoms with E-state index in [1.54, 1.807) is 0 Å². The van der Waals surface area contributed by atoms with Crippen molar-refractivity contribution < 1.29 is 14.9 Å². The molecule has 1 aliphatic heterocycles. The van der Waals surface area contributed by atoms with Crippen LogP contribution >= 0.6 is 9.24 Å². The van der Waals surface area contributed by atoms with Crippen molar-refractivity contribution in [2.24, 2.45) is 0 Å². The van der Waals surface area contributed by atoms with Gasteiger partial charge in [0.25, 0.3) is 0 Å². The molecule has 2 atom stereocenters. The molecular formula is C19H15O3P. The largest absolute Gasteiger partial charge is 0.508 e. The molecule has 4 heteroatoms. The highest BCUT2D eigenvalue weighted by molar-refractivity contribution is 7.18. The number of hydrogen-bond donors (Lipinski definition) is 2. The molecule has 0 amide bonds. The summed E-state index contributed by atoms with van der Waals surface area (Å²) in [6.07, 6.45) is 0. The molecule has 0 aliphatic carbocycles. The lowest BCUT2D eigenvalue weighted by atomic mass is 9.88. The summed E-state index contributed by atoms with van der Waals surface area (Å²) in [6.45, 7) is 0. The van der Waals surface area contributed by atoms with Crippen LogP contribution in [0.3, 0.4) is 0 Å². The predicted molar refractivity (Wildman–Crippen MR) is 92.8 cm³/mol. The van der Waals surface area contributed by atoms with Gasteiger partial charge in [-0.3, -0.25) is 0 Å². The van der Waals surface area contributed by atoms with Crippen LogP contribution in [0.2, 0.25) is 0 Å². The lowest BCUT2D eigenvalue weighted by molar-refractivity contribution is 0.200. The van der Waals surface area contributed by atoms with Gasteiger partial charge in [-0.05, 0) is 29.8 Å². The molecule has 114 valence electrons. The maximum Gasteiger partial charge on any atom is 0.175 e. The van der Waals surface area contributed by atoms with Crippen molar-refractivity contribution in [3.8, 4) is 28.4 Å². The number of phenolic OH excluding ortho intramolecular Hbond substituents is 2. The van der Waals surface area contributed by atoms with Crippen molar-refractivity contribution in [1.29, 1.82) is 0 Å². The van der Waals surface area contributed by atoms with Crippen molar-refractivity contribution in [3.05, 3.63) is 77.9 Å². The lowest BCUT2D eigenvalue weighted by Gasteiger charge is -2.38. The highest BCUT2D eigenvalue weighted by Crippen LogP contribution is 2.53. The molecule has 0 spiro atoms. The van der Waals surface area contributed by atoms with Crippen molar-refractivity contribution in [3.63, 3.8) is 0 Å². The van der Waals surface area contributed by atoms with Crippen LogP contribution in [0, 0.1) is 0 Å². The first-order chi connectivity index (χ1) is 11.1. The molecule has 2 N–H and O–H groups in total. The Morgan fingerprint density at radius 1 is 0.783 bits per heavy atom. The zero-order valence-electron chi connectivity index (χ0n) is 12.2. The van der Waals surface area contributed by atoms with E-state index in [1.807, 2.05) is 48.5 Å². The third-order valence-corrected chi connectivity index (χ3v) is 4.90. The summed E-state index contributed by atoms with van der Waals surface area (Å²) in [7, 11) is 2.69. The van der Waals surface area contributed by atoms with Crippen molar-refractivity contribution in [1.82, 2.24) is 0 Å². The number of para-hydroxylation sites is 1. The Kier molecular flexibility index (Phi) is 3.07. The van der Waals surface area contributed by atoms with E-state index < -0.39 is 5.34 Å². The normalized spacial score (nSPS) is 18.7. The zero-order valence-corrected chi connectivity index (χ0v) is 13.4.